The normalized spacial score (nSPS) is 10.5. The Morgan fingerprint density at radius 3 is 2.76 bits per heavy atom. The molecule has 0 aliphatic heterocycles. The molecule has 3 heteroatoms. The smallest absolute Gasteiger partial charge is 0.119 e. The quantitative estimate of drug-likeness (QED) is 0.716. The van der Waals surface area contributed by atoms with E-state index in [1.807, 2.05) is 18.2 Å². The average Bonchev–Trinajstić information content (AvgIpc) is 2.35. The number of hydrogen-bond donors (Lipinski definition) is 1. The number of rotatable bonds is 8. The van der Waals surface area contributed by atoms with Crippen LogP contribution in [-0.4, -0.2) is 19.7 Å². The molecule has 0 radical (unpaired) electrons. The van der Waals surface area contributed by atoms with Crippen molar-refractivity contribution in [3.05, 3.63) is 28.8 Å². The molecule has 0 heterocycles. The fourth-order valence-electron chi connectivity index (χ4n) is 1.63. The van der Waals surface area contributed by atoms with Crippen LogP contribution in [0.25, 0.3) is 0 Å². The highest BCUT2D eigenvalue weighted by atomic mass is 35.5. The van der Waals surface area contributed by atoms with E-state index in [0.717, 1.165) is 55.3 Å². The Labute approximate surface area is 109 Å². The second kappa shape index (κ2) is 8.37. The third-order valence-electron chi connectivity index (χ3n) is 2.66. The number of nitrogens with one attached hydrogen (secondary N) is 1. The molecular formula is C14H22ClNO. The molecule has 0 aliphatic rings. The highest BCUT2D eigenvalue weighted by Gasteiger charge is 2.00. The zero-order valence-electron chi connectivity index (χ0n) is 10.8. The molecule has 2 nitrogen and oxygen atoms in total. The summed E-state index contributed by atoms with van der Waals surface area (Å²) in [6.45, 7) is 7.10. The summed E-state index contributed by atoms with van der Waals surface area (Å²) in [5.41, 5.74) is 1.15. The maximum Gasteiger partial charge on any atom is 0.119 e. The first-order valence-corrected chi connectivity index (χ1v) is 6.77. The highest BCUT2D eigenvalue weighted by Crippen LogP contribution is 2.22. The lowest BCUT2D eigenvalue weighted by molar-refractivity contribution is 0.306. The molecule has 0 bridgehead atoms. The van der Waals surface area contributed by atoms with E-state index in [1.165, 1.54) is 0 Å². The first-order valence-electron chi connectivity index (χ1n) is 6.39. The summed E-state index contributed by atoms with van der Waals surface area (Å²) >= 11 is 6.05. The van der Waals surface area contributed by atoms with Crippen molar-refractivity contribution in [2.24, 2.45) is 0 Å². The van der Waals surface area contributed by atoms with E-state index in [0.29, 0.717) is 0 Å². The van der Waals surface area contributed by atoms with Gasteiger partial charge in [-0.15, -0.1) is 0 Å². The van der Waals surface area contributed by atoms with Crippen molar-refractivity contribution in [2.75, 3.05) is 19.7 Å². The van der Waals surface area contributed by atoms with Crippen LogP contribution in [0.3, 0.4) is 0 Å². The number of unbranched alkanes of at least 4 members (excludes halogenated alkanes) is 1. The molecule has 96 valence electrons. The van der Waals surface area contributed by atoms with Gasteiger partial charge in [0.25, 0.3) is 0 Å². The van der Waals surface area contributed by atoms with Gasteiger partial charge in [0.1, 0.15) is 5.75 Å². The molecule has 0 amide bonds. The molecule has 1 aromatic carbocycles. The predicted molar refractivity (Wildman–Crippen MR) is 74.1 cm³/mol. The van der Waals surface area contributed by atoms with Crippen LogP contribution in [-0.2, 0) is 6.42 Å². The monoisotopic (exact) mass is 255 g/mol. The summed E-state index contributed by atoms with van der Waals surface area (Å²) in [5, 5.41) is 4.13. The molecule has 0 fully saturated rings. The van der Waals surface area contributed by atoms with Gasteiger partial charge >= 0.3 is 0 Å². The van der Waals surface area contributed by atoms with Gasteiger partial charge in [-0.3, -0.25) is 0 Å². The van der Waals surface area contributed by atoms with Crippen LogP contribution in [0.5, 0.6) is 5.75 Å². The van der Waals surface area contributed by atoms with E-state index in [4.69, 9.17) is 16.3 Å². The lowest BCUT2D eigenvalue weighted by Gasteiger charge is -2.08. The van der Waals surface area contributed by atoms with Crippen molar-refractivity contribution < 1.29 is 4.74 Å². The first kappa shape index (κ1) is 14.3. The molecule has 1 N–H and O–H groups in total. The van der Waals surface area contributed by atoms with Crippen molar-refractivity contribution in [2.45, 2.75) is 33.1 Å². The van der Waals surface area contributed by atoms with Crippen molar-refractivity contribution >= 4 is 11.6 Å². The molecule has 0 saturated heterocycles. The van der Waals surface area contributed by atoms with E-state index < -0.39 is 0 Å². The fourth-order valence-corrected chi connectivity index (χ4v) is 1.88. The van der Waals surface area contributed by atoms with Crippen LogP contribution >= 0.6 is 11.6 Å². The summed E-state index contributed by atoms with van der Waals surface area (Å²) < 4.78 is 5.70. The standard InChI is InChI=1S/C14H22ClNO/c1-3-12-11-13(7-8-14(12)15)17-10-6-5-9-16-4-2/h7-8,11,16H,3-6,9-10H2,1-2H3. The van der Waals surface area contributed by atoms with E-state index in [-0.39, 0.29) is 0 Å². The maximum atomic E-state index is 6.05. The molecule has 1 rings (SSSR count). The van der Waals surface area contributed by atoms with Gasteiger partial charge in [-0.2, -0.15) is 0 Å². The largest absolute Gasteiger partial charge is 0.494 e. The SMILES string of the molecule is CCNCCCCOc1ccc(Cl)c(CC)c1. The number of ether oxygens (including phenoxy) is 1. The van der Waals surface area contributed by atoms with Gasteiger partial charge in [-0.1, -0.05) is 25.4 Å². The van der Waals surface area contributed by atoms with Gasteiger partial charge in [0.05, 0.1) is 6.61 Å². The minimum atomic E-state index is 0.774. The zero-order valence-corrected chi connectivity index (χ0v) is 11.5. The van der Waals surface area contributed by atoms with Gasteiger partial charge in [-0.25, -0.2) is 0 Å². The van der Waals surface area contributed by atoms with Gasteiger partial charge < -0.3 is 10.1 Å². The molecule has 0 spiro atoms. The Bertz CT molecular complexity index is 328. The van der Waals surface area contributed by atoms with Gasteiger partial charge in [0.15, 0.2) is 0 Å². The van der Waals surface area contributed by atoms with Crippen molar-refractivity contribution in [3.63, 3.8) is 0 Å². The third kappa shape index (κ3) is 5.42. The van der Waals surface area contributed by atoms with E-state index in [9.17, 15) is 0 Å². The molecule has 17 heavy (non-hydrogen) atoms. The Hall–Kier alpha value is -0.730. The van der Waals surface area contributed by atoms with E-state index in [1.54, 1.807) is 0 Å². The van der Waals surface area contributed by atoms with E-state index in [2.05, 4.69) is 19.2 Å². The summed E-state index contributed by atoms with van der Waals surface area (Å²) in [5.74, 6) is 0.926. The maximum absolute atomic E-state index is 6.05. The predicted octanol–water partition coefficient (Wildman–Crippen LogP) is 3.67. The van der Waals surface area contributed by atoms with Crippen LogP contribution in [0, 0.1) is 0 Å². The average molecular weight is 256 g/mol. The van der Waals surface area contributed by atoms with Crippen molar-refractivity contribution in [3.8, 4) is 5.75 Å². The Morgan fingerprint density at radius 1 is 1.24 bits per heavy atom. The van der Waals surface area contributed by atoms with Gasteiger partial charge in [-0.05, 0) is 56.1 Å². The number of aryl methyl sites for hydroxylation is 1. The lowest BCUT2D eigenvalue weighted by atomic mass is 10.1. The second-order valence-corrected chi connectivity index (χ2v) is 4.42. The van der Waals surface area contributed by atoms with Crippen molar-refractivity contribution in [1.82, 2.24) is 5.32 Å². The minimum Gasteiger partial charge on any atom is -0.494 e. The number of benzene rings is 1. The molecule has 0 saturated carbocycles. The molecule has 0 atom stereocenters. The molecule has 0 aromatic heterocycles. The topological polar surface area (TPSA) is 21.3 Å². The summed E-state index contributed by atoms with van der Waals surface area (Å²) in [7, 11) is 0. The number of hydrogen-bond acceptors (Lipinski definition) is 2. The van der Waals surface area contributed by atoms with Gasteiger partial charge in [0.2, 0.25) is 0 Å². The summed E-state index contributed by atoms with van der Waals surface area (Å²) in [6.07, 6.45) is 3.18. The highest BCUT2D eigenvalue weighted by molar-refractivity contribution is 6.31. The zero-order chi connectivity index (χ0) is 12.5. The summed E-state index contributed by atoms with van der Waals surface area (Å²) in [6, 6.07) is 5.88. The Balaban J connectivity index is 2.27. The summed E-state index contributed by atoms with van der Waals surface area (Å²) in [4.78, 5) is 0. The molecular weight excluding hydrogens is 234 g/mol. The molecule has 1 aromatic rings. The van der Waals surface area contributed by atoms with Crippen LogP contribution in [0.15, 0.2) is 18.2 Å². The van der Waals surface area contributed by atoms with Crippen LogP contribution < -0.4 is 10.1 Å². The lowest BCUT2D eigenvalue weighted by Crippen LogP contribution is -2.14. The molecule has 0 unspecified atom stereocenters. The van der Waals surface area contributed by atoms with Crippen LogP contribution in [0.2, 0.25) is 5.02 Å². The van der Waals surface area contributed by atoms with Crippen molar-refractivity contribution in [1.29, 1.82) is 0 Å². The minimum absolute atomic E-state index is 0.774. The Morgan fingerprint density at radius 2 is 2.06 bits per heavy atom. The van der Waals surface area contributed by atoms with Crippen LogP contribution in [0.4, 0.5) is 0 Å². The fraction of sp³-hybridized carbons (Fsp3) is 0.571. The van der Waals surface area contributed by atoms with Gasteiger partial charge in [0, 0.05) is 5.02 Å². The first-order chi connectivity index (χ1) is 8.27. The number of halogens is 1. The second-order valence-electron chi connectivity index (χ2n) is 4.02. The molecule has 0 aliphatic carbocycles. The van der Waals surface area contributed by atoms with Crippen LogP contribution in [0.1, 0.15) is 32.3 Å². The third-order valence-corrected chi connectivity index (χ3v) is 3.03. The van der Waals surface area contributed by atoms with E-state index >= 15 is 0 Å². The Kier molecular flexibility index (Phi) is 7.06.